The van der Waals surface area contributed by atoms with E-state index in [2.05, 4.69) is 20.2 Å². The fourth-order valence-electron chi connectivity index (χ4n) is 2.94. The lowest BCUT2D eigenvalue weighted by Gasteiger charge is -2.37. The molecule has 2 heterocycles. The van der Waals surface area contributed by atoms with Crippen LogP contribution in [-0.2, 0) is 25.0 Å². The zero-order chi connectivity index (χ0) is 18.6. The molecule has 1 aromatic heterocycles. The number of nitrogens with one attached hydrogen (secondary N) is 2. The van der Waals surface area contributed by atoms with Crippen molar-refractivity contribution in [3.8, 4) is 0 Å². The number of hydrogen-bond donors (Lipinski definition) is 2. The van der Waals surface area contributed by atoms with Crippen LogP contribution < -0.4 is 10.0 Å². The van der Waals surface area contributed by atoms with Crippen molar-refractivity contribution in [2.75, 3.05) is 25.1 Å². The molecule has 0 atom stereocenters. The van der Waals surface area contributed by atoms with Gasteiger partial charge in [-0.1, -0.05) is 41.7 Å². The van der Waals surface area contributed by atoms with Crippen LogP contribution in [0.2, 0.25) is 0 Å². The van der Waals surface area contributed by atoms with E-state index in [-0.39, 0.29) is 27.3 Å². The van der Waals surface area contributed by atoms with Crippen LogP contribution in [0.1, 0.15) is 25.3 Å². The highest BCUT2D eigenvalue weighted by molar-refractivity contribution is 7.91. The van der Waals surface area contributed by atoms with Crippen molar-refractivity contribution in [3.05, 3.63) is 35.9 Å². The smallest absolute Gasteiger partial charge is 0.269 e. The van der Waals surface area contributed by atoms with Crippen LogP contribution in [0.5, 0.6) is 0 Å². The summed E-state index contributed by atoms with van der Waals surface area (Å²) in [5.74, 6) is -0.330. The number of aromatic nitrogens is 2. The lowest BCUT2D eigenvalue weighted by Crippen LogP contribution is -2.44. The number of carbonyl (C=O) groups is 1. The minimum absolute atomic E-state index is 0.154. The van der Waals surface area contributed by atoms with E-state index < -0.39 is 10.0 Å². The molecule has 2 N–H and O–H groups in total. The van der Waals surface area contributed by atoms with E-state index in [4.69, 9.17) is 4.74 Å². The maximum atomic E-state index is 12.6. The highest BCUT2D eigenvalue weighted by Crippen LogP contribution is 2.34. The molecule has 10 heteroatoms. The molecule has 1 aliphatic heterocycles. The second kappa shape index (κ2) is 7.78. The van der Waals surface area contributed by atoms with Crippen molar-refractivity contribution in [2.45, 2.75) is 29.5 Å². The molecule has 1 fully saturated rings. The summed E-state index contributed by atoms with van der Waals surface area (Å²) < 4.78 is 33.2. The Labute approximate surface area is 156 Å². The van der Waals surface area contributed by atoms with E-state index in [0.29, 0.717) is 13.2 Å². The van der Waals surface area contributed by atoms with Gasteiger partial charge < -0.3 is 10.1 Å². The van der Waals surface area contributed by atoms with E-state index in [9.17, 15) is 13.2 Å². The molecule has 140 valence electrons. The number of carbonyl (C=O) groups excluding carboxylic acids is 1. The van der Waals surface area contributed by atoms with E-state index >= 15 is 0 Å². The first-order valence-corrected chi connectivity index (χ1v) is 10.5. The van der Waals surface area contributed by atoms with Gasteiger partial charge in [0.2, 0.25) is 15.4 Å². The Morgan fingerprint density at radius 1 is 1.23 bits per heavy atom. The van der Waals surface area contributed by atoms with Gasteiger partial charge in [0.1, 0.15) is 0 Å². The number of rotatable bonds is 6. The monoisotopic (exact) mass is 396 g/mol. The minimum Gasteiger partial charge on any atom is -0.381 e. The number of anilines is 1. The predicted octanol–water partition coefficient (Wildman–Crippen LogP) is 1.52. The van der Waals surface area contributed by atoms with Crippen molar-refractivity contribution >= 4 is 32.4 Å². The highest BCUT2D eigenvalue weighted by Gasteiger charge is 2.36. The molecule has 0 spiro atoms. The number of amides is 1. The lowest BCUT2D eigenvalue weighted by molar-refractivity contribution is -0.114. The second-order valence-corrected chi connectivity index (χ2v) is 9.06. The molecule has 0 bridgehead atoms. The minimum atomic E-state index is -3.82. The van der Waals surface area contributed by atoms with Crippen LogP contribution in [0.4, 0.5) is 5.13 Å². The average Bonchev–Trinajstić information content (AvgIpc) is 3.10. The zero-order valence-electron chi connectivity index (χ0n) is 14.3. The Hall–Kier alpha value is -1.88. The molecule has 26 heavy (non-hydrogen) atoms. The summed E-state index contributed by atoms with van der Waals surface area (Å²) >= 11 is 0.820. The molecule has 2 aromatic rings. The fraction of sp³-hybridized carbons (Fsp3) is 0.438. The number of ether oxygens (including phenoxy) is 1. The first kappa shape index (κ1) is 18.9. The zero-order valence-corrected chi connectivity index (χ0v) is 15.9. The van der Waals surface area contributed by atoms with E-state index in [1.807, 2.05) is 30.3 Å². The van der Waals surface area contributed by atoms with Gasteiger partial charge >= 0.3 is 0 Å². The van der Waals surface area contributed by atoms with Gasteiger partial charge in [-0.25, -0.2) is 13.1 Å². The third-order valence-corrected chi connectivity index (χ3v) is 6.96. The topological polar surface area (TPSA) is 110 Å². The molecule has 0 aliphatic carbocycles. The van der Waals surface area contributed by atoms with Crippen LogP contribution in [0, 0.1) is 0 Å². The number of sulfonamides is 1. The molecular weight excluding hydrogens is 376 g/mol. The Balaban J connectivity index is 1.78. The van der Waals surface area contributed by atoms with Crippen LogP contribution in [0.3, 0.4) is 0 Å². The number of benzene rings is 1. The van der Waals surface area contributed by atoms with E-state index in [0.717, 1.165) is 29.7 Å². The molecule has 3 rings (SSSR count). The Morgan fingerprint density at radius 3 is 2.58 bits per heavy atom. The average molecular weight is 396 g/mol. The summed E-state index contributed by atoms with van der Waals surface area (Å²) in [6, 6.07) is 9.86. The Kier molecular flexibility index (Phi) is 5.66. The molecule has 1 aliphatic rings. The third kappa shape index (κ3) is 4.26. The first-order valence-electron chi connectivity index (χ1n) is 8.15. The summed E-state index contributed by atoms with van der Waals surface area (Å²) in [7, 11) is -3.82. The van der Waals surface area contributed by atoms with Crippen LogP contribution in [0.15, 0.2) is 34.7 Å². The third-order valence-electron chi connectivity index (χ3n) is 4.36. The molecule has 1 amide bonds. The van der Waals surface area contributed by atoms with Gasteiger partial charge in [0, 0.05) is 32.1 Å². The van der Waals surface area contributed by atoms with Gasteiger partial charge in [0.15, 0.2) is 0 Å². The quantitative estimate of drug-likeness (QED) is 0.717. The SMILES string of the molecule is CC(=O)Nc1nnc(S(=O)(=O)NCC2(c3ccccc3)CCOCC2)s1. The molecule has 0 radical (unpaired) electrons. The van der Waals surface area contributed by atoms with E-state index in [1.165, 1.54) is 6.92 Å². The largest absolute Gasteiger partial charge is 0.381 e. The fourth-order valence-corrected chi connectivity index (χ4v) is 5.05. The van der Waals surface area contributed by atoms with Crippen LogP contribution in [-0.4, -0.2) is 44.3 Å². The normalized spacial score (nSPS) is 17.0. The van der Waals surface area contributed by atoms with Gasteiger partial charge in [-0.15, -0.1) is 10.2 Å². The van der Waals surface area contributed by atoms with Gasteiger partial charge in [-0.2, -0.15) is 0 Å². The maximum Gasteiger partial charge on any atom is 0.269 e. The van der Waals surface area contributed by atoms with Crippen molar-refractivity contribution in [2.24, 2.45) is 0 Å². The van der Waals surface area contributed by atoms with E-state index in [1.54, 1.807) is 0 Å². The molecule has 0 unspecified atom stereocenters. The summed E-state index contributed by atoms with van der Waals surface area (Å²) in [6.45, 7) is 2.74. The molecule has 1 aromatic carbocycles. The van der Waals surface area contributed by atoms with Crippen molar-refractivity contribution in [3.63, 3.8) is 0 Å². The summed E-state index contributed by atoms with van der Waals surface area (Å²) in [4.78, 5) is 11.1. The molecule has 0 saturated carbocycles. The van der Waals surface area contributed by atoms with Crippen molar-refractivity contribution < 1.29 is 17.9 Å². The first-order chi connectivity index (χ1) is 12.4. The summed E-state index contributed by atoms with van der Waals surface area (Å²) in [6.07, 6.45) is 1.46. The van der Waals surface area contributed by atoms with Gasteiger partial charge in [-0.3, -0.25) is 4.79 Å². The maximum absolute atomic E-state index is 12.6. The van der Waals surface area contributed by atoms with Gasteiger partial charge in [0.25, 0.3) is 10.0 Å². The van der Waals surface area contributed by atoms with Gasteiger partial charge in [-0.05, 0) is 18.4 Å². The lowest BCUT2D eigenvalue weighted by atomic mass is 9.74. The van der Waals surface area contributed by atoms with Crippen LogP contribution in [0.25, 0.3) is 0 Å². The van der Waals surface area contributed by atoms with Crippen molar-refractivity contribution in [1.82, 2.24) is 14.9 Å². The molecular formula is C16H20N4O4S2. The molecule has 1 saturated heterocycles. The Morgan fingerprint density at radius 2 is 1.92 bits per heavy atom. The standard InChI is InChI=1S/C16H20N4O4S2/c1-12(21)18-14-19-20-15(25-14)26(22,23)17-11-16(7-9-24-10-8-16)13-5-3-2-4-6-13/h2-6,17H,7-11H2,1H3,(H,18,19,21). The predicted molar refractivity (Wildman–Crippen MR) is 97.6 cm³/mol. The van der Waals surface area contributed by atoms with Gasteiger partial charge in [0.05, 0.1) is 0 Å². The van der Waals surface area contributed by atoms with Crippen LogP contribution >= 0.6 is 11.3 Å². The summed E-state index contributed by atoms with van der Waals surface area (Å²) in [5.41, 5.74) is 0.764. The highest BCUT2D eigenvalue weighted by atomic mass is 32.2. The number of nitrogens with zero attached hydrogens (tertiary/aromatic N) is 2. The van der Waals surface area contributed by atoms with Crippen molar-refractivity contribution in [1.29, 1.82) is 0 Å². The molecule has 8 nitrogen and oxygen atoms in total. The number of hydrogen-bond acceptors (Lipinski definition) is 7. The summed E-state index contributed by atoms with van der Waals surface area (Å²) in [5, 5.41) is 9.96. The second-order valence-electron chi connectivity index (χ2n) is 6.14. The Bertz CT molecular complexity index is 861.